The smallest absolute Gasteiger partial charge is 0.393 e. The van der Waals surface area contributed by atoms with Crippen LogP contribution in [0.4, 0.5) is 13.2 Å². The van der Waals surface area contributed by atoms with Crippen LogP contribution in [-0.4, -0.2) is 31.3 Å². The lowest BCUT2D eigenvalue weighted by Gasteiger charge is -2.33. The van der Waals surface area contributed by atoms with Crippen LogP contribution in [0.3, 0.4) is 0 Å². The summed E-state index contributed by atoms with van der Waals surface area (Å²) < 4.78 is 43.2. The van der Waals surface area contributed by atoms with Crippen molar-refractivity contribution in [2.24, 2.45) is 5.92 Å². The van der Waals surface area contributed by atoms with E-state index in [-0.39, 0.29) is 18.8 Å². The summed E-state index contributed by atoms with van der Waals surface area (Å²) in [6.45, 7) is 2.49. The van der Waals surface area contributed by atoms with E-state index >= 15 is 0 Å². The van der Waals surface area contributed by atoms with E-state index in [1.165, 1.54) is 0 Å². The number of ether oxygens (including phenoxy) is 1. The van der Waals surface area contributed by atoms with Gasteiger partial charge in [-0.3, -0.25) is 4.79 Å². The van der Waals surface area contributed by atoms with Crippen LogP contribution in [0.5, 0.6) is 0 Å². The molecule has 0 aliphatic heterocycles. The first-order chi connectivity index (χ1) is 8.95. The van der Waals surface area contributed by atoms with Gasteiger partial charge in [0.05, 0.1) is 12.5 Å². The van der Waals surface area contributed by atoms with Crippen molar-refractivity contribution in [2.45, 2.75) is 57.7 Å². The van der Waals surface area contributed by atoms with Crippen molar-refractivity contribution in [3.05, 3.63) is 0 Å². The molecule has 0 aromatic heterocycles. The molecule has 2 unspecified atom stereocenters. The van der Waals surface area contributed by atoms with Crippen molar-refractivity contribution in [3.63, 3.8) is 0 Å². The molecule has 1 saturated carbocycles. The van der Waals surface area contributed by atoms with Crippen LogP contribution in [0, 0.1) is 5.92 Å². The van der Waals surface area contributed by atoms with E-state index in [1.54, 1.807) is 6.92 Å². The second-order valence-electron chi connectivity index (χ2n) is 4.90. The Hall–Kier alpha value is -0.780. The normalized spacial score (nSPS) is 24.2. The summed E-state index contributed by atoms with van der Waals surface area (Å²) in [5.41, 5.74) is 0. The molecular formula is C13H22F3NO2. The molecule has 2 atom stereocenters. The maximum absolute atomic E-state index is 12.8. The molecule has 0 amide bonds. The van der Waals surface area contributed by atoms with Crippen molar-refractivity contribution in [2.75, 3.05) is 13.2 Å². The minimum Gasteiger partial charge on any atom is -0.466 e. The van der Waals surface area contributed by atoms with Crippen molar-refractivity contribution in [3.8, 4) is 0 Å². The van der Waals surface area contributed by atoms with Gasteiger partial charge in [0, 0.05) is 12.5 Å². The van der Waals surface area contributed by atoms with E-state index in [0.717, 1.165) is 6.42 Å². The average molecular weight is 281 g/mol. The second kappa shape index (κ2) is 7.72. The van der Waals surface area contributed by atoms with Gasteiger partial charge in [-0.05, 0) is 32.7 Å². The molecule has 0 aromatic rings. The molecule has 0 spiro atoms. The van der Waals surface area contributed by atoms with Gasteiger partial charge >= 0.3 is 12.1 Å². The first kappa shape index (κ1) is 16.3. The largest absolute Gasteiger partial charge is 0.466 e. The summed E-state index contributed by atoms with van der Waals surface area (Å²) >= 11 is 0. The molecule has 19 heavy (non-hydrogen) atoms. The van der Waals surface area contributed by atoms with Gasteiger partial charge in [-0.2, -0.15) is 13.2 Å². The molecule has 0 saturated heterocycles. The molecule has 6 heteroatoms. The van der Waals surface area contributed by atoms with Gasteiger partial charge in [-0.1, -0.05) is 12.8 Å². The highest BCUT2D eigenvalue weighted by Crippen LogP contribution is 2.37. The maximum atomic E-state index is 12.8. The maximum Gasteiger partial charge on any atom is 0.393 e. The van der Waals surface area contributed by atoms with E-state index in [2.05, 4.69) is 5.32 Å². The molecule has 112 valence electrons. The van der Waals surface area contributed by atoms with E-state index in [4.69, 9.17) is 4.74 Å². The molecule has 1 aliphatic carbocycles. The van der Waals surface area contributed by atoms with Crippen LogP contribution >= 0.6 is 0 Å². The standard InChI is InChI=1S/C13H22F3NO2/c1-2-19-12(18)8-5-9-17-11-7-4-3-6-10(11)13(14,15)16/h10-11,17H,2-9H2,1H3. The number of halogens is 3. The number of esters is 1. The Morgan fingerprint density at radius 2 is 2.00 bits per heavy atom. The van der Waals surface area contributed by atoms with Gasteiger partial charge in [-0.25, -0.2) is 0 Å². The molecule has 1 rings (SSSR count). The number of alkyl halides is 3. The van der Waals surface area contributed by atoms with Crippen LogP contribution in [0.1, 0.15) is 45.4 Å². The zero-order valence-corrected chi connectivity index (χ0v) is 11.3. The molecule has 0 bridgehead atoms. The van der Waals surface area contributed by atoms with Gasteiger partial charge in [0.1, 0.15) is 0 Å². The van der Waals surface area contributed by atoms with Crippen molar-refractivity contribution < 1.29 is 22.7 Å². The summed E-state index contributed by atoms with van der Waals surface area (Å²) in [6.07, 6.45) is -1.11. The number of rotatable bonds is 6. The Bertz CT molecular complexity index is 282. The zero-order chi connectivity index (χ0) is 14.3. The van der Waals surface area contributed by atoms with Crippen LogP contribution in [-0.2, 0) is 9.53 Å². The van der Waals surface area contributed by atoms with Crippen LogP contribution in [0.15, 0.2) is 0 Å². The van der Waals surface area contributed by atoms with Crippen molar-refractivity contribution in [1.29, 1.82) is 0 Å². The van der Waals surface area contributed by atoms with Crippen LogP contribution in [0.2, 0.25) is 0 Å². The van der Waals surface area contributed by atoms with E-state index < -0.39 is 18.1 Å². The summed E-state index contributed by atoms with van der Waals surface area (Å²) in [5, 5.41) is 2.95. The quantitative estimate of drug-likeness (QED) is 0.600. The minimum absolute atomic E-state index is 0.207. The van der Waals surface area contributed by atoms with Crippen molar-refractivity contribution in [1.82, 2.24) is 5.32 Å². The number of carbonyl (C=O) groups excluding carboxylic acids is 1. The Morgan fingerprint density at radius 1 is 1.32 bits per heavy atom. The number of nitrogens with one attached hydrogen (secondary N) is 1. The van der Waals surface area contributed by atoms with Gasteiger partial charge in [-0.15, -0.1) is 0 Å². The summed E-state index contributed by atoms with van der Waals surface area (Å²) in [4.78, 5) is 11.1. The number of hydrogen-bond donors (Lipinski definition) is 1. The highest BCUT2D eigenvalue weighted by molar-refractivity contribution is 5.69. The van der Waals surface area contributed by atoms with Gasteiger partial charge < -0.3 is 10.1 Å². The third kappa shape index (κ3) is 5.80. The Balaban J connectivity index is 2.28. The molecule has 1 N–H and O–H groups in total. The lowest BCUT2D eigenvalue weighted by molar-refractivity contribution is -0.188. The lowest BCUT2D eigenvalue weighted by Crippen LogP contribution is -2.45. The summed E-state index contributed by atoms with van der Waals surface area (Å²) in [6, 6.07) is -0.504. The minimum atomic E-state index is -4.13. The van der Waals surface area contributed by atoms with E-state index in [0.29, 0.717) is 32.4 Å². The van der Waals surface area contributed by atoms with Crippen LogP contribution in [0.25, 0.3) is 0 Å². The fourth-order valence-electron chi connectivity index (χ4n) is 2.52. The Kier molecular flexibility index (Phi) is 6.62. The fraction of sp³-hybridized carbons (Fsp3) is 0.923. The average Bonchev–Trinajstić information content (AvgIpc) is 2.34. The monoisotopic (exact) mass is 281 g/mol. The van der Waals surface area contributed by atoms with Gasteiger partial charge in [0.25, 0.3) is 0 Å². The first-order valence-electron chi connectivity index (χ1n) is 6.91. The molecule has 0 aromatic carbocycles. The highest BCUT2D eigenvalue weighted by Gasteiger charge is 2.45. The lowest BCUT2D eigenvalue weighted by atomic mass is 9.84. The molecule has 3 nitrogen and oxygen atoms in total. The topological polar surface area (TPSA) is 38.3 Å². The fourth-order valence-corrected chi connectivity index (χ4v) is 2.52. The molecule has 1 aliphatic rings. The molecule has 1 fully saturated rings. The highest BCUT2D eigenvalue weighted by atomic mass is 19.4. The van der Waals surface area contributed by atoms with Gasteiger partial charge in [0.15, 0.2) is 0 Å². The van der Waals surface area contributed by atoms with Gasteiger partial charge in [0.2, 0.25) is 0 Å². The second-order valence-corrected chi connectivity index (χ2v) is 4.90. The number of hydrogen-bond acceptors (Lipinski definition) is 3. The zero-order valence-electron chi connectivity index (χ0n) is 11.3. The Labute approximate surface area is 111 Å². The molecular weight excluding hydrogens is 259 g/mol. The third-order valence-electron chi connectivity index (χ3n) is 3.46. The first-order valence-corrected chi connectivity index (χ1v) is 6.91. The summed E-state index contributed by atoms with van der Waals surface area (Å²) in [5.74, 6) is -1.54. The molecule has 0 radical (unpaired) electrons. The molecule has 0 heterocycles. The summed E-state index contributed by atoms with van der Waals surface area (Å²) in [7, 11) is 0. The van der Waals surface area contributed by atoms with E-state index in [1.807, 2.05) is 0 Å². The predicted octanol–water partition coefficient (Wildman–Crippen LogP) is 3.04. The SMILES string of the molecule is CCOC(=O)CCCNC1CCCCC1C(F)(F)F. The van der Waals surface area contributed by atoms with E-state index in [9.17, 15) is 18.0 Å². The Morgan fingerprint density at radius 3 is 2.63 bits per heavy atom. The van der Waals surface area contributed by atoms with Crippen molar-refractivity contribution >= 4 is 5.97 Å². The number of carbonyl (C=O) groups is 1. The third-order valence-corrected chi connectivity index (χ3v) is 3.46. The van der Waals surface area contributed by atoms with Crippen LogP contribution < -0.4 is 5.32 Å². The predicted molar refractivity (Wildman–Crippen MR) is 65.7 cm³/mol.